The SMILES string of the molecule is O=S(=O)(c1cc(F)cc(F)c1)N1CCN(c2cc(-n3ccnc3)ncn2)CC1. The maximum atomic E-state index is 13.4. The molecule has 0 unspecified atom stereocenters. The van der Waals surface area contributed by atoms with Gasteiger partial charge in [-0.3, -0.25) is 4.57 Å². The second-order valence-corrected chi connectivity index (χ2v) is 8.14. The van der Waals surface area contributed by atoms with E-state index in [1.165, 1.54) is 10.6 Å². The van der Waals surface area contributed by atoms with Gasteiger partial charge in [0.1, 0.15) is 35.9 Å². The van der Waals surface area contributed by atoms with Crippen LogP contribution in [0.15, 0.2) is 54.2 Å². The van der Waals surface area contributed by atoms with Crippen LogP contribution in [-0.4, -0.2) is 58.4 Å². The highest BCUT2D eigenvalue weighted by molar-refractivity contribution is 7.89. The number of rotatable bonds is 4. The number of hydrogen-bond acceptors (Lipinski definition) is 6. The zero-order valence-corrected chi connectivity index (χ0v) is 15.4. The van der Waals surface area contributed by atoms with Crippen LogP contribution < -0.4 is 4.90 Å². The molecule has 28 heavy (non-hydrogen) atoms. The zero-order chi connectivity index (χ0) is 19.7. The monoisotopic (exact) mass is 406 g/mol. The van der Waals surface area contributed by atoms with Gasteiger partial charge in [0.25, 0.3) is 0 Å². The molecule has 2 aromatic heterocycles. The van der Waals surface area contributed by atoms with Crippen LogP contribution in [0.4, 0.5) is 14.6 Å². The van der Waals surface area contributed by atoms with Gasteiger partial charge in [-0.05, 0) is 12.1 Å². The van der Waals surface area contributed by atoms with Crippen LogP contribution in [0.3, 0.4) is 0 Å². The predicted molar refractivity (Wildman–Crippen MR) is 96.5 cm³/mol. The Hall–Kier alpha value is -2.92. The molecule has 3 heterocycles. The summed E-state index contributed by atoms with van der Waals surface area (Å²) < 4.78 is 55.1. The molecule has 1 fully saturated rings. The van der Waals surface area contributed by atoms with Gasteiger partial charge in [0.05, 0.1) is 4.90 Å². The van der Waals surface area contributed by atoms with Crippen molar-refractivity contribution in [3.05, 3.63) is 60.9 Å². The van der Waals surface area contributed by atoms with Crippen molar-refractivity contribution in [2.75, 3.05) is 31.1 Å². The highest BCUT2D eigenvalue weighted by atomic mass is 32.2. The molecule has 8 nitrogen and oxygen atoms in total. The molecule has 0 amide bonds. The summed E-state index contributed by atoms with van der Waals surface area (Å²) in [6.07, 6.45) is 6.45. The van der Waals surface area contributed by atoms with E-state index in [1.807, 2.05) is 4.90 Å². The van der Waals surface area contributed by atoms with E-state index in [4.69, 9.17) is 0 Å². The molecule has 4 rings (SSSR count). The molecule has 0 spiro atoms. The van der Waals surface area contributed by atoms with Crippen molar-refractivity contribution in [3.63, 3.8) is 0 Å². The average molecular weight is 406 g/mol. The van der Waals surface area contributed by atoms with Gasteiger partial charge < -0.3 is 4.90 Å². The smallest absolute Gasteiger partial charge is 0.243 e. The van der Waals surface area contributed by atoms with Crippen molar-refractivity contribution in [3.8, 4) is 5.82 Å². The lowest BCUT2D eigenvalue weighted by atomic mass is 10.3. The Morgan fingerprint density at radius 2 is 1.57 bits per heavy atom. The number of anilines is 1. The second kappa shape index (κ2) is 7.24. The molecular weight excluding hydrogens is 390 g/mol. The minimum absolute atomic E-state index is 0.172. The van der Waals surface area contributed by atoms with Gasteiger partial charge in [-0.15, -0.1) is 0 Å². The first kappa shape index (κ1) is 18.4. The first-order valence-electron chi connectivity index (χ1n) is 8.45. The van der Waals surface area contributed by atoms with Gasteiger partial charge in [-0.2, -0.15) is 4.31 Å². The van der Waals surface area contributed by atoms with E-state index in [-0.39, 0.29) is 18.0 Å². The summed E-state index contributed by atoms with van der Waals surface area (Å²) in [7, 11) is -3.97. The largest absolute Gasteiger partial charge is 0.354 e. The van der Waals surface area contributed by atoms with E-state index < -0.39 is 21.7 Å². The first-order chi connectivity index (χ1) is 13.4. The van der Waals surface area contributed by atoms with Crippen LogP contribution in [0.25, 0.3) is 5.82 Å². The Morgan fingerprint density at radius 1 is 0.893 bits per heavy atom. The molecule has 146 valence electrons. The van der Waals surface area contributed by atoms with Crippen LogP contribution in [0.5, 0.6) is 0 Å². The quantitative estimate of drug-likeness (QED) is 0.652. The molecular formula is C17H16F2N6O2S. The lowest BCUT2D eigenvalue weighted by molar-refractivity contribution is 0.383. The van der Waals surface area contributed by atoms with Crippen molar-refractivity contribution in [2.45, 2.75) is 4.90 Å². The van der Waals surface area contributed by atoms with Crippen molar-refractivity contribution in [2.24, 2.45) is 0 Å². The van der Waals surface area contributed by atoms with E-state index in [0.717, 1.165) is 12.1 Å². The zero-order valence-electron chi connectivity index (χ0n) is 14.6. The fourth-order valence-corrected chi connectivity index (χ4v) is 4.50. The fourth-order valence-electron chi connectivity index (χ4n) is 3.03. The van der Waals surface area contributed by atoms with Crippen LogP contribution >= 0.6 is 0 Å². The lowest BCUT2D eigenvalue weighted by Crippen LogP contribution is -2.49. The van der Waals surface area contributed by atoms with Crippen molar-refractivity contribution in [1.29, 1.82) is 0 Å². The van der Waals surface area contributed by atoms with Gasteiger partial charge in [0.15, 0.2) is 0 Å². The Morgan fingerprint density at radius 3 is 2.21 bits per heavy atom. The van der Waals surface area contributed by atoms with Crippen molar-refractivity contribution < 1.29 is 17.2 Å². The number of nitrogens with zero attached hydrogens (tertiary/aromatic N) is 6. The van der Waals surface area contributed by atoms with Gasteiger partial charge in [0, 0.05) is 50.7 Å². The Bertz CT molecular complexity index is 1060. The molecule has 0 radical (unpaired) electrons. The van der Waals surface area contributed by atoms with Gasteiger partial charge in [-0.1, -0.05) is 0 Å². The molecule has 0 atom stereocenters. The second-order valence-electron chi connectivity index (χ2n) is 6.20. The van der Waals surface area contributed by atoms with Crippen LogP contribution in [-0.2, 0) is 10.0 Å². The highest BCUT2D eigenvalue weighted by Gasteiger charge is 2.29. The topological polar surface area (TPSA) is 84.2 Å². The standard InChI is InChI=1S/C17H16F2N6O2S/c18-13-7-14(19)9-15(8-13)28(26,27)25-5-3-23(4-6-25)16-10-17(22-11-21-16)24-2-1-20-12-24/h1-2,7-12H,3-6H2. The average Bonchev–Trinajstić information content (AvgIpc) is 3.22. The van der Waals surface area contributed by atoms with E-state index >= 15 is 0 Å². The number of piperazine rings is 1. The van der Waals surface area contributed by atoms with Gasteiger partial charge in [0.2, 0.25) is 10.0 Å². The number of imidazole rings is 1. The maximum absolute atomic E-state index is 13.4. The van der Waals surface area contributed by atoms with Crippen LogP contribution in [0.1, 0.15) is 0 Å². The summed E-state index contributed by atoms with van der Waals surface area (Å²) in [6, 6.07) is 4.08. The number of aromatic nitrogens is 4. The van der Waals surface area contributed by atoms with E-state index in [1.54, 1.807) is 29.4 Å². The maximum Gasteiger partial charge on any atom is 0.243 e. The van der Waals surface area contributed by atoms with Crippen LogP contribution in [0.2, 0.25) is 0 Å². The molecule has 1 aromatic carbocycles. The summed E-state index contributed by atoms with van der Waals surface area (Å²) in [4.78, 5) is 14.0. The normalized spacial score (nSPS) is 15.7. The van der Waals surface area contributed by atoms with Crippen molar-refractivity contribution >= 4 is 15.8 Å². The molecule has 1 saturated heterocycles. The molecule has 0 bridgehead atoms. The third-order valence-electron chi connectivity index (χ3n) is 4.44. The molecule has 3 aromatic rings. The summed E-state index contributed by atoms with van der Waals surface area (Å²) >= 11 is 0. The van der Waals surface area contributed by atoms with E-state index in [9.17, 15) is 17.2 Å². The third kappa shape index (κ3) is 3.58. The lowest BCUT2D eigenvalue weighted by Gasteiger charge is -2.34. The summed E-state index contributed by atoms with van der Waals surface area (Å²) in [6.45, 7) is 1.12. The van der Waals surface area contributed by atoms with Gasteiger partial charge >= 0.3 is 0 Å². The first-order valence-corrected chi connectivity index (χ1v) is 9.89. The summed E-state index contributed by atoms with van der Waals surface area (Å²) in [5.41, 5.74) is 0. The molecule has 0 aliphatic carbocycles. The third-order valence-corrected chi connectivity index (χ3v) is 6.32. The summed E-state index contributed by atoms with van der Waals surface area (Å²) in [5.74, 6) is -0.546. The molecule has 0 saturated carbocycles. The number of hydrogen-bond donors (Lipinski definition) is 0. The number of sulfonamides is 1. The molecule has 1 aliphatic rings. The number of halogens is 2. The summed E-state index contributed by atoms with van der Waals surface area (Å²) in [5, 5.41) is 0. The van der Waals surface area contributed by atoms with Gasteiger partial charge in [-0.25, -0.2) is 32.2 Å². The minimum atomic E-state index is -3.97. The van der Waals surface area contributed by atoms with E-state index in [2.05, 4.69) is 15.0 Å². The minimum Gasteiger partial charge on any atom is -0.354 e. The number of benzene rings is 1. The predicted octanol–water partition coefficient (Wildman–Crippen LogP) is 1.45. The molecule has 1 aliphatic heterocycles. The Labute approximate surface area is 160 Å². The molecule has 0 N–H and O–H groups in total. The fraction of sp³-hybridized carbons (Fsp3) is 0.235. The highest BCUT2D eigenvalue weighted by Crippen LogP contribution is 2.22. The molecule has 11 heteroatoms. The van der Waals surface area contributed by atoms with Crippen molar-refractivity contribution in [1.82, 2.24) is 23.8 Å². The van der Waals surface area contributed by atoms with E-state index in [0.29, 0.717) is 30.8 Å². The Balaban J connectivity index is 1.50. The Kier molecular flexibility index (Phi) is 4.77. The van der Waals surface area contributed by atoms with Crippen LogP contribution in [0, 0.1) is 11.6 Å².